The molecule has 0 bridgehead atoms. The van der Waals surface area contributed by atoms with Crippen LogP contribution in [0.25, 0.3) is 0 Å². The minimum Gasteiger partial charge on any atom is -0.370 e. The molecule has 0 unspecified atom stereocenters. The van der Waals surface area contributed by atoms with Crippen LogP contribution in [0.5, 0.6) is 0 Å². The molecule has 0 aliphatic rings. The molecule has 17 heavy (non-hydrogen) atoms. The normalized spacial score (nSPS) is 11.8. The van der Waals surface area contributed by atoms with E-state index < -0.39 is 5.60 Å². The molecule has 0 atom stereocenters. The number of methoxy groups -OCH3 is 1. The zero-order chi connectivity index (χ0) is 12.9. The molecule has 0 fully saturated rings. The van der Waals surface area contributed by atoms with Gasteiger partial charge in [-0.05, 0) is 19.3 Å². The molecule has 5 nitrogen and oxygen atoms in total. The van der Waals surface area contributed by atoms with Crippen molar-refractivity contribution in [2.24, 2.45) is 0 Å². The molecule has 0 N–H and O–H groups in total. The van der Waals surface area contributed by atoms with Crippen molar-refractivity contribution in [1.29, 1.82) is 0 Å². The number of nitrogens with zero attached hydrogens (tertiary/aromatic N) is 3. The molecule has 1 aromatic heterocycles. The third kappa shape index (κ3) is 2.54. The maximum absolute atomic E-state index is 12.5. The van der Waals surface area contributed by atoms with E-state index in [0.29, 0.717) is 25.1 Å². The van der Waals surface area contributed by atoms with Gasteiger partial charge in [0.05, 0.1) is 6.20 Å². The van der Waals surface area contributed by atoms with Crippen molar-refractivity contribution in [2.75, 3.05) is 7.11 Å². The van der Waals surface area contributed by atoms with Gasteiger partial charge in [0.15, 0.2) is 0 Å². The molecular formula is C12H21N3O2. The smallest absolute Gasteiger partial charge is 0.214 e. The second kappa shape index (κ2) is 5.91. The third-order valence-electron chi connectivity index (χ3n) is 3.23. The average molecular weight is 239 g/mol. The van der Waals surface area contributed by atoms with Crippen LogP contribution in [-0.4, -0.2) is 33.5 Å². The maximum Gasteiger partial charge on any atom is 0.214 e. The monoisotopic (exact) mass is 239 g/mol. The molecule has 0 spiro atoms. The first kappa shape index (κ1) is 13.8. The summed E-state index contributed by atoms with van der Waals surface area (Å²) >= 11 is 0. The van der Waals surface area contributed by atoms with Crippen LogP contribution in [0.1, 0.15) is 50.5 Å². The summed E-state index contributed by atoms with van der Waals surface area (Å²) in [5.41, 5.74) is -0.204. The van der Waals surface area contributed by atoms with Crippen molar-refractivity contribution >= 4 is 5.78 Å². The molecule has 0 aromatic carbocycles. The van der Waals surface area contributed by atoms with Gasteiger partial charge in [-0.1, -0.05) is 26.0 Å². The Balaban J connectivity index is 3.05. The number of ketones is 1. The Kier molecular flexibility index (Phi) is 4.81. The number of aryl methyl sites for hydroxylation is 1. The van der Waals surface area contributed by atoms with E-state index in [1.807, 2.05) is 20.8 Å². The van der Waals surface area contributed by atoms with Crippen molar-refractivity contribution in [3.05, 3.63) is 11.9 Å². The van der Waals surface area contributed by atoms with E-state index in [0.717, 1.165) is 6.42 Å². The van der Waals surface area contributed by atoms with Crippen LogP contribution in [0.3, 0.4) is 0 Å². The third-order valence-corrected chi connectivity index (χ3v) is 3.23. The van der Waals surface area contributed by atoms with E-state index in [1.165, 1.54) is 6.20 Å². The van der Waals surface area contributed by atoms with Crippen LogP contribution < -0.4 is 0 Å². The number of ether oxygens (including phenoxy) is 1. The molecular weight excluding hydrogens is 218 g/mol. The molecule has 96 valence electrons. The molecule has 0 radical (unpaired) electrons. The Morgan fingerprint density at radius 1 is 1.41 bits per heavy atom. The fourth-order valence-electron chi connectivity index (χ4n) is 2.00. The number of hydrogen-bond donors (Lipinski definition) is 0. The van der Waals surface area contributed by atoms with Gasteiger partial charge in [0.2, 0.25) is 5.78 Å². The highest BCUT2D eigenvalue weighted by atomic mass is 16.5. The van der Waals surface area contributed by atoms with Crippen LogP contribution in [0, 0.1) is 0 Å². The van der Waals surface area contributed by atoms with E-state index in [2.05, 4.69) is 10.3 Å². The second-order valence-corrected chi connectivity index (χ2v) is 4.08. The maximum atomic E-state index is 12.5. The fourth-order valence-corrected chi connectivity index (χ4v) is 2.00. The number of carbonyl (C=O) groups excluding carboxylic acids is 1. The van der Waals surface area contributed by atoms with Crippen molar-refractivity contribution in [2.45, 2.75) is 52.2 Å². The van der Waals surface area contributed by atoms with Gasteiger partial charge in [-0.3, -0.25) is 4.79 Å². The number of rotatable bonds is 7. The Morgan fingerprint density at radius 2 is 2.06 bits per heavy atom. The van der Waals surface area contributed by atoms with Gasteiger partial charge in [0, 0.05) is 13.7 Å². The molecule has 1 rings (SSSR count). The Labute approximate surface area is 102 Å². The Hall–Kier alpha value is -1.23. The number of Topliss-reactive ketones (excluding diaryl/α,β-unsaturated/α-hetero) is 1. The van der Waals surface area contributed by atoms with Crippen molar-refractivity contribution in [3.63, 3.8) is 0 Å². The van der Waals surface area contributed by atoms with Crippen LogP contribution >= 0.6 is 0 Å². The summed E-state index contributed by atoms with van der Waals surface area (Å²) in [7, 11) is 1.58. The van der Waals surface area contributed by atoms with E-state index in [-0.39, 0.29) is 5.78 Å². The topological polar surface area (TPSA) is 57.0 Å². The summed E-state index contributed by atoms with van der Waals surface area (Å²) in [5.74, 6) is -0.0246. The van der Waals surface area contributed by atoms with Crippen LogP contribution in [0.15, 0.2) is 6.20 Å². The Morgan fingerprint density at radius 3 is 2.53 bits per heavy atom. The van der Waals surface area contributed by atoms with Gasteiger partial charge in [0.25, 0.3) is 0 Å². The SMILES string of the molecule is CCCn1nncc1C(=O)C(CC)(CC)OC. The lowest BCUT2D eigenvalue weighted by Crippen LogP contribution is -2.40. The first-order valence-corrected chi connectivity index (χ1v) is 6.13. The van der Waals surface area contributed by atoms with E-state index in [9.17, 15) is 4.79 Å². The summed E-state index contributed by atoms with van der Waals surface area (Å²) in [5, 5.41) is 7.75. The van der Waals surface area contributed by atoms with Gasteiger partial charge in [-0.2, -0.15) is 0 Å². The lowest BCUT2D eigenvalue weighted by molar-refractivity contribution is -0.00345. The largest absolute Gasteiger partial charge is 0.370 e. The lowest BCUT2D eigenvalue weighted by atomic mass is 9.90. The number of hydrogen-bond acceptors (Lipinski definition) is 4. The molecule has 0 amide bonds. The standard InChI is InChI=1S/C12H21N3O2/c1-5-8-15-10(9-13-14-15)11(16)12(6-2,7-3)17-4/h9H,5-8H2,1-4H3. The number of carbonyl (C=O) groups is 1. The molecule has 0 aliphatic heterocycles. The lowest BCUT2D eigenvalue weighted by Gasteiger charge is -2.28. The van der Waals surface area contributed by atoms with Gasteiger partial charge >= 0.3 is 0 Å². The molecule has 1 heterocycles. The van der Waals surface area contributed by atoms with Crippen molar-refractivity contribution in [3.8, 4) is 0 Å². The van der Waals surface area contributed by atoms with Crippen molar-refractivity contribution < 1.29 is 9.53 Å². The highest BCUT2D eigenvalue weighted by molar-refractivity contribution is 6.00. The molecule has 0 aliphatic carbocycles. The summed E-state index contributed by atoms with van der Waals surface area (Å²) in [6.07, 6.45) is 3.74. The predicted octanol–water partition coefficient (Wildman–Crippen LogP) is 2.08. The highest BCUT2D eigenvalue weighted by Crippen LogP contribution is 2.24. The van der Waals surface area contributed by atoms with Crippen LogP contribution in [0.4, 0.5) is 0 Å². The summed E-state index contributed by atoms with van der Waals surface area (Å²) in [4.78, 5) is 12.5. The van der Waals surface area contributed by atoms with Crippen LogP contribution in [0.2, 0.25) is 0 Å². The molecule has 0 saturated heterocycles. The second-order valence-electron chi connectivity index (χ2n) is 4.08. The molecule has 0 saturated carbocycles. The summed E-state index contributed by atoms with van der Waals surface area (Å²) in [6.45, 7) is 6.66. The first-order chi connectivity index (χ1) is 8.15. The summed E-state index contributed by atoms with van der Waals surface area (Å²) in [6, 6.07) is 0. The van der Waals surface area contributed by atoms with E-state index >= 15 is 0 Å². The zero-order valence-electron chi connectivity index (χ0n) is 11.1. The summed E-state index contributed by atoms with van der Waals surface area (Å²) < 4.78 is 7.09. The van der Waals surface area contributed by atoms with Gasteiger partial charge in [-0.15, -0.1) is 5.10 Å². The van der Waals surface area contributed by atoms with Gasteiger partial charge in [-0.25, -0.2) is 4.68 Å². The van der Waals surface area contributed by atoms with Crippen LogP contribution in [-0.2, 0) is 11.3 Å². The van der Waals surface area contributed by atoms with Crippen molar-refractivity contribution in [1.82, 2.24) is 15.0 Å². The molecule has 1 aromatic rings. The average Bonchev–Trinajstić information content (AvgIpc) is 2.80. The van der Waals surface area contributed by atoms with E-state index in [1.54, 1.807) is 11.8 Å². The fraction of sp³-hybridized carbons (Fsp3) is 0.750. The highest BCUT2D eigenvalue weighted by Gasteiger charge is 2.37. The van der Waals surface area contributed by atoms with Gasteiger partial charge in [0.1, 0.15) is 11.3 Å². The quantitative estimate of drug-likeness (QED) is 0.683. The number of aromatic nitrogens is 3. The minimum atomic E-state index is -0.743. The van der Waals surface area contributed by atoms with E-state index in [4.69, 9.17) is 4.74 Å². The predicted molar refractivity (Wildman–Crippen MR) is 65.0 cm³/mol. The zero-order valence-corrected chi connectivity index (χ0v) is 11.1. The first-order valence-electron chi connectivity index (χ1n) is 6.13. The minimum absolute atomic E-state index is 0.0246. The molecule has 5 heteroatoms. The van der Waals surface area contributed by atoms with Gasteiger partial charge < -0.3 is 4.74 Å². The Bertz CT molecular complexity index is 361.